The molecule has 0 radical (unpaired) electrons. The standard InChI is InChI=1S/C14H19NO5S/c1-19-11-4-3-10(7-12(11)20-2)8-13(16)15-5-6-21-9-14(17)18/h3-4,7H,5-6,8-9H2,1-2H3,(H,15,16)(H,17,18). The molecule has 0 saturated heterocycles. The third-order valence-corrected chi connectivity index (χ3v) is 3.55. The maximum absolute atomic E-state index is 11.8. The Labute approximate surface area is 127 Å². The lowest BCUT2D eigenvalue weighted by Gasteiger charge is -2.09. The fourth-order valence-corrected chi connectivity index (χ4v) is 2.23. The molecule has 0 aliphatic heterocycles. The maximum atomic E-state index is 11.8. The van der Waals surface area contributed by atoms with E-state index in [1.165, 1.54) is 11.8 Å². The van der Waals surface area contributed by atoms with Crippen molar-refractivity contribution in [3.8, 4) is 11.5 Å². The summed E-state index contributed by atoms with van der Waals surface area (Å²) >= 11 is 1.27. The van der Waals surface area contributed by atoms with Crippen molar-refractivity contribution in [3.05, 3.63) is 23.8 Å². The molecule has 21 heavy (non-hydrogen) atoms. The van der Waals surface area contributed by atoms with E-state index in [1.54, 1.807) is 32.4 Å². The van der Waals surface area contributed by atoms with E-state index >= 15 is 0 Å². The van der Waals surface area contributed by atoms with Crippen molar-refractivity contribution >= 4 is 23.6 Å². The molecule has 0 atom stereocenters. The zero-order chi connectivity index (χ0) is 15.7. The zero-order valence-corrected chi connectivity index (χ0v) is 12.9. The second kappa shape index (κ2) is 9.12. The summed E-state index contributed by atoms with van der Waals surface area (Å²) in [6, 6.07) is 5.32. The molecule has 2 N–H and O–H groups in total. The van der Waals surface area contributed by atoms with E-state index in [9.17, 15) is 9.59 Å². The molecule has 0 aliphatic carbocycles. The lowest BCUT2D eigenvalue weighted by molar-refractivity contribution is -0.133. The fraction of sp³-hybridized carbons (Fsp3) is 0.429. The summed E-state index contributed by atoms with van der Waals surface area (Å²) in [6.45, 7) is 0.448. The van der Waals surface area contributed by atoms with Gasteiger partial charge in [0, 0.05) is 12.3 Å². The largest absolute Gasteiger partial charge is 0.493 e. The van der Waals surface area contributed by atoms with Crippen LogP contribution in [-0.2, 0) is 16.0 Å². The number of carbonyl (C=O) groups is 2. The molecular weight excluding hydrogens is 294 g/mol. The smallest absolute Gasteiger partial charge is 0.313 e. The second-order valence-electron chi connectivity index (χ2n) is 4.16. The van der Waals surface area contributed by atoms with Crippen LogP contribution in [0.15, 0.2) is 18.2 Å². The normalized spacial score (nSPS) is 10.0. The van der Waals surface area contributed by atoms with Crippen molar-refractivity contribution in [2.24, 2.45) is 0 Å². The highest BCUT2D eigenvalue weighted by molar-refractivity contribution is 7.99. The summed E-state index contributed by atoms with van der Waals surface area (Å²) in [7, 11) is 3.10. The minimum Gasteiger partial charge on any atom is -0.493 e. The van der Waals surface area contributed by atoms with E-state index in [0.29, 0.717) is 23.8 Å². The Balaban J connectivity index is 2.39. The Morgan fingerprint density at radius 2 is 1.95 bits per heavy atom. The van der Waals surface area contributed by atoms with Gasteiger partial charge in [0.05, 0.1) is 26.4 Å². The topological polar surface area (TPSA) is 84.9 Å². The van der Waals surface area contributed by atoms with Crippen molar-refractivity contribution in [2.45, 2.75) is 6.42 Å². The summed E-state index contributed by atoms with van der Waals surface area (Å²) < 4.78 is 10.3. The van der Waals surface area contributed by atoms with Gasteiger partial charge in [0.15, 0.2) is 11.5 Å². The molecule has 1 aromatic rings. The molecule has 0 unspecified atom stereocenters. The molecule has 7 heteroatoms. The van der Waals surface area contributed by atoms with Crippen LogP contribution in [0.2, 0.25) is 0 Å². The summed E-state index contributed by atoms with van der Waals surface area (Å²) in [6.07, 6.45) is 0.240. The van der Waals surface area contributed by atoms with Crippen LogP contribution in [0, 0.1) is 0 Å². The first-order chi connectivity index (χ1) is 10.1. The van der Waals surface area contributed by atoms with Gasteiger partial charge < -0.3 is 19.9 Å². The minimum absolute atomic E-state index is 0.0472. The molecule has 6 nitrogen and oxygen atoms in total. The van der Waals surface area contributed by atoms with Gasteiger partial charge in [-0.3, -0.25) is 9.59 Å². The van der Waals surface area contributed by atoms with E-state index in [-0.39, 0.29) is 18.1 Å². The molecule has 116 valence electrons. The number of rotatable bonds is 9. The minimum atomic E-state index is -0.850. The molecule has 0 aliphatic rings. The van der Waals surface area contributed by atoms with E-state index in [1.807, 2.05) is 0 Å². The van der Waals surface area contributed by atoms with Crippen molar-refractivity contribution in [1.82, 2.24) is 5.32 Å². The third kappa shape index (κ3) is 6.40. The first-order valence-corrected chi connectivity index (χ1v) is 7.49. The SMILES string of the molecule is COc1ccc(CC(=O)NCCSCC(=O)O)cc1OC. The lowest BCUT2D eigenvalue weighted by atomic mass is 10.1. The monoisotopic (exact) mass is 313 g/mol. The molecule has 1 aromatic carbocycles. The highest BCUT2D eigenvalue weighted by Gasteiger charge is 2.08. The summed E-state index contributed by atoms with van der Waals surface area (Å²) in [5, 5.41) is 11.2. The number of ether oxygens (including phenoxy) is 2. The van der Waals surface area contributed by atoms with Crippen LogP contribution in [-0.4, -0.2) is 49.3 Å². The predicted molar refractivity (Wildman–Crippen MR) is 81.2 cm³/mol. The first-order valence-electron chi connectivity index (χ1n) is 6.34. The number of thioether (sulfide) groups is 1. The molecule has 0 spiro atoms. The van der Waals surface area contributed by atoms with Gasteiger partial charge in [-0.25, -0.2) is 0 Å². The summed E-state index contributed by atoms with van der Waals surface area (Å²) in [5.74, 6) is 0.858. The van der Waals surface area contributed by atoms with Crippen LogP contribution >= 0.6 is 11.8 Å². The van der Waals surface area contributed by atoms with Crippen LogP contribution in [0.4, 0.5) is 0 Å². The van der Waals surface area contributed by atoms with Gasteiger partial charge in [0.1, 0.15) is 0 Å². The predicted octanol–water partition coefficient (Wildman–Crippen LogP) is 1.18. The van der Waals surface area contributed by atoms with Gasteiger partial charge in [-0.2, -0.15) is 0 Å². The lowest BCUT2D eigenvalue weighted by Crippen LogP contribution is -2.27. The number of methoxy groups -OCH3 is 2. The number of hydrogen-bond acceptors (Lipinski definition) is 5. The number of benzene rings is 1. The van der Waals surface area contributed by atoms with Crippen molar-refractivity contribution in [3.63, 3.8) is 0 Å². The van der Waals surface area contributed by atoms with Gasteiger partial charge >= 0.3 is 5.97 Å². The van der Waals surface area contributed by atoms with Crippen molar-refractivity contribution in [2.75, 3.05) is 32.3 Å². The number of nitrogens with one attached hydrogen (secondary N) is 1. The van der Waals surface area contributed by atoms with Gasteiger partial charge in [0.2, 0.25) is 5.91 Å². The van der Waals surface area contributed by atoms with Crippen LogP contribution in [0.25, 0.3) is 0 Å². The Bertz CT molecular complexity index is 492. The number of carboxylic acids is 1. The molecule has 1 amide bonds. The number of carbonyl (C=O) groups excluding carboxylic acids is 1. The average molecular weight is 313 g/mol. The summed E-state index contributed by atoms with van der Waals surface area (Å²) in [4.78, 5) is 22.1. The number of aliphatic carboxylic acids is 1. The van der Waals surface area contributed by atoms with Crippen molar-refractivity contribution < 1.29 is 24.2 Å². The molecule has 0 fully saturated rings. The van der Waals surface area contributed by atoms with Gasteiger partial charge in [-0.05, 0) is 17.7 Å². The maximum Gasteiger partial charge on any atom is 0.313 e. The Hall–Kier alpha value is -1.89. The molecule has 0 bridgehead atoms. The summed E-state index contributed by atoms with van der Waals surface area (Å²) in [5.41, 5.74) is 0.823. The van der Waals surface area contributed by atoms with Gasteiger partial charge in [-0.1, -0.05) is 6.07 Å². The van der Waals surface area contributed by atoms with E-state index in [2.05, 4.69) is 5.32 Å². The Morgan fingerprint density at radius 3 is 2.57 bits per heavy atom. The quantitative estimate of drug-likeness (QED) is 0.666. The second-order valence-corrected chi connectivity index (χ2v) is 5.27. The van der Waals surface area contributed by atoms with Crippen molar-refractivity contribution in [1.29, 1.82) is 0 Å². The number of carboxylic acid groups (broad SMARTS) is 1. The van der Waals surface area contributed by atoms with Crippen LogP contribution < -0.4 is 14.8 Å². The van der Waals surface area contributed by atoms with E-state index in [4.69, 9.17) is 14.6 Å². The van der Waals surface area contributed by atoms with Gasteiger partial charge in [-0.15, -0.1) is 11.8 Å². The molecular formula is C14H19NO5S. The highest BCUT2D eigenvalue weighted by atomic mass is 32.2. The average Bonchev–Trinajstić information content (AvgIpc) is 2.46. The number of hydrogen-bond donors (Lipinski definition) is 2. The number of amides is 1. The van der Waals surface area contributed by atoms with E-state index < -0.39 is 5.97 Å². The van der Waals surface area contributed by atoms with Crippen LogP contribution in [0.1, 0.15) is 5.56 Å². The third-order valence-electron chi connectivity index (χ3n) is 2.61. The van der Waals surface area contributed by atoms with Crippen LogP contribution in [0.3, 0.4) is 0 Å². The van der Waals surface area contributed by atoms with Crippen LogP contribution in [0.5, 0.6) is 11.5 Å². The molecule has 1 rings (SSSR count). The molecule has 0 heterocycles. The first kappa shape index (κ1) is 17.2. The molecule has 0 aromatic heterocycles. The Morgan fingerprint density at radius 1 is 1.24 bits per heavy atom. The Kier molecular flexibility index (Phi) is 7.45. The zero-order valence-electron chi connectivity index (χ0n) is 12.0. The van der Waals surface area contributed by atoms with Gasteiger partial charge in [0.25, 0.3) is 0 Å². The van der Waals surface area contributed by atoms with E-state index in [0.717, 1.165) is 5.56 Å². The fourth-order valence-electron chi connectivity index (χ4n) is 1.66. The highest BCUT2D eigenvalue weighted by Crippen LogP contribution is 2.27. The molecule has 0 saturated carbocycles.